The summed E-state index contributed by atoms with van der Waals surface area (Å²) >= 11 is 0. The van der Waals surface area contributed by atoms with Crippen molar-refractivity contribution < 1.29 is 14.8 Å². The predicted octanol–water partition coefficient (Wildman–Crippen LogP) is -0.142. The second kappa shape index (κ2) is 8.72. The first-order valence-electron chi connectivity index (χ1n) is 6.05. The van der Waals surface area contributed by atoms with E-state index in [1.54, 1.807) is 4.90 Å². The molecule has 1 rings (SSSR count). The van der Waals surface area contributed by atoms with Gasteiger partial charge in [0.25, 0.3) is 0 Å². The highest BCUT2D eigenvalue weighted by Gasteiger charge is 2.18. The molecule has 0 radical (unpaired) electrons. The van der Waals surface area contributed by atoms with Gasteiger partial charge in [0.15, 0.2) is 0 Å². The quantitative estimate of drug-likeness (QED) is 0.712. The summed E-state index contributed by atoms with van der Waals surface area (Å²) in [4.78, 5) is 10.6. The number of unbranched alkanes of at least 4 members (excludes halogenated alkanes) is 1. The number of piperidine rings is 1. The summed E-state index contributed by atoms with van der Waals surface area (Å²) in [6, 6.07) is 0. The second-order valence-electron chi connectivity index (χ2n) is 4.55. The monoisotopic (exact) mass is 215 g/mol. The van der Waals surface area contributed by atoms with Gasteiger partial charge in [-0.1, -0.05) is 19.8 Å². The van der Waals surface area contributed by atoms with Crippen molar-refractivity contribution in [3.63, 3.8) is 0 Å². The number of nitrogens with one attached hydrogen (secondary N) is 1. The fourth-order valence-electron chi connectivity index (χ4n) is 2.13. The molecule has 0 amide bonds. The molecule has 0 bridgehead atoms. The molecule has 1 aliphatic rings. The minimum absolute atomic E-state index is 0.972. The number of aliphatic carboxylic acids is 1. The molecule has 0 aromatic rings. The lowest BCUT2D eigenvalue weighted by Crippen LogP contribution is -3.10. The molecule has 3 nitrogen and oxygen atoms in total. The van der Waals surface area contributed by atoms with Gasteiger partial charge in [-0.05, 0) is 26.2 Å². The predicted molar refractivity (Wildman–Crippen MR) is 59.6 cm³/mol. The van der Waals surface area contributed by atoms with Crippen LogP contribution in [-0.4, -0.2) is 26.1 Å². The zero-order valence-corrected chi connectivity index (χ0v) is 10.3. The third-order valence-electron chi connectivity index (χ3n) is 2.82. The van der Waals surface area contributed by atoms with E-state index in [4.69, 9.17) is 9.90 Å². The Labute approximate surface area is 93.5 Å². The van der Waals surface area contributed by atoms with E-state index >= 15 is 0 Å². The average molecular weight is 215 g/mol. The lowest BCUT2D eigenvalue weighted by molar-refractivity contribution is -0.888. The van der Waals surface area contributed by atoms with Gasteiger partial charge in [-0.3, -0.25) is 0 Å². The maximum absolute atomic E-state index is 8.89. The molecule has 15 heavy (non-hydrogen) atoms. The standard InChI is InChI=1S/C10H21N.C2H4O2/c1-3-4-6-10-7-5-8-11(2)9-10;1-2(3)4/h10H,3-9H2,1-2H3;1H3,(H,3,4). The van der Waals surface area contributed by atoms with E-state index in [1.165, 1.54) is 45.2 Å². The van der Waals surface area contributed by atoms with Crippen LogP contribution in [0.5, 0.6) is 0 Å². The summed E-state index contributed by atoms with van der Waals surface area (Å²) in [6.45, 7) is 6.10. The highest BCUT2D eigenvalue weighted by molar-refractivity contribution is 5.60. The topological polar surface area (TPSA) is 44.6 Å². The van der Waals surface area contributed by atoms with Crippen molar-refractivity contribution >= 4 is 5.97 Å². The van der Waals surface area contributed by atoms with Gasteiger partial charge in [-0.25, -0.2) is 0 Å². The van der Waals surface area contributed by atoms with Crippen LogP contribution in [0.4, 0.5) is 0 Å². The molecular weight excluding hydrogens is 190 g/mol. The van der Waals surface area contributed by atoms with Crippen LogP contribution in [0.2, 0.25) is 0 Å². The Morgan fingerprint density at radius 2 is 2.13 bits per heavy atom. The summed E-state index contributed by atoms with van der Waals surface area (Å²) in [7, 11) is 2.33. The molecule has 1 saturated heterocycles. The molecule has 0 spiro atoms. The van der Waals surface area contributed by atoms with E-state index in [2.05, 4.69) is 14.0 Å². The Kier molecular flexibility index (Phi) is 8.38. The Morgan fingerprint density at radius 1 is 1.53 bits per heavy atom. The van der Waals surface area contributed by atoms with E-state index in [1.807, 2.05) is 0 Å². The molecule has 2 atom stereocenters. The van der Waals surface area contributed by atoms with Crippen LogP contribution in [0.15, 0.2) is 0 Å². The molecule has 0 aliphatic carbocycles. The Bertz CT molecular complexity index is 167. The normalized spacial score (nSPS) is 25.3. The third-order valence-corrected chi connectivity index (χ3v) is 2.82. The number of hydrogen-bond acceptors (Lipinski definition) is 2. The first-order chi connectivity index (χ1) is 7.06. The molecule has 1 heterocycles. The molecule has 0 saturated carbocycles. The van der Waals surface area contributed by atoms with Gasteiger partial charge in [-0.2, -0.15) is 0 Å². The molecule has 2 unspecified atom stereocenters. The summed E-state index contributed by atoms with van der Waals surface area (Å²) < 4.78 is 0. The Hall–Kier alpha value is -0.570. The maximum atomic E-state index is 8.89. The van der Waals surface area contributed by atoms with Gasteiger partial charge in [0.1, 0.15) is 0 Å². The van der Waals surface area contributed by atoms with E-state index in [-0.39, 0.29) is 0 Å². The van der Waals surface area contributed by atoms with Crippen LogP contribution >= 0.6 is 0 Å². The van der Waals surface area contributed by atoms with E-state index in [0.29, 0.717) is 0 Å². The van der Waals surface area contributed by atoms with Gasteiger partial charge in [0.05, 0.1) is 20.1 Å². The van der Waals surface area contributed by atoms with Crippen LogP contribution < -0.4 is 10.0 Å². The fraction of sp³-hybridized carbons (Fsp3) is 0.917. The van der Waals surface area contributed by atoms with Gasteiger partial charge in [0.2, 0.25) is 0 Å². The van der Waals surface area contributed by atoms with Crippen LogP contribution in [0.3, 0.4) is 0 Å². The smallest absolute Gasteiger partial charge is 0.0797 e. The van der Waals surface area contributed by atoms with Crippen molar-refractivity contribution in [1.82, 2.24) is 0 Å². The van der Waals surface area contributed by atoms with E-state index in [0.717, 1.165) is 12.8 Å². The fourth-order valence-corrected chi connectivity index (χ4v) is 2.13. The molecule has 0 aromatic heterocycles. The number of carbonyl (C=O) groups is 1. The van der Waals surface area contributed by atoms with Crippen molar-refractivity contribution in [3.8, 4) is 0 Å². The molecule has 1 N–H and O–H groups in total. The van der Waals surface area contributed by atoms with Gasteiger partial charge in [-0.15, -0.1) is 0 Å². The maximum Gasteiger partial charge on any atom is 0.0797 e. The largest absolute Gasteiger partial charge is 0.550 e. The third kappa shape index (κ3) is 9.73. The summed E-state index contributed by atoms with van der Waals surface area (Å²) in [5.41, 5.74) is 0. The number of likely N-dealkylation sites (tertiary alicyclic amines) is 1. The molecule has 1 aliphatic heterocycles. The lowest BCUT2D eigenvalue weighted by atomic mass is 9.93. The van der Waals surface area contributed by atoms with E-state index in [9.17, 15) is 0 Å². The highest BCUT2D eigenvalue weighted by atomic mass is 16.4. The number of hydrogen-bond donors (Lipinski definition) is 1. The van der Waals surface area contributed by atoms with Crippen LogP contribution in [0.1, 0.15) is 46.0 Å². The summed E-state index contributed by atoms with van der Waals surface area (Å²) in [5.74, 6) is -0.0382. The number of carboxylic acid groups (broad SMARTS) is 1. The highest BCUT2D eigenvalue weighted by Crippen LogP contribution is 2.14. The van der Waals surface area contributed by atoms with Crippen molar-refractivity contribution in [2.45, 2.75) is 46.0 Å². The van der Waals surface area contributed by atoms with Crippen molar-refractivity contribution in [2.24, 2.45) is 5.92 Å². The zero-order valence-electron chi connectivity index (χ0n) is 10.3. The summed E-state index contributed by atoms with van der Waals surface area (Å²) in [6.07, 6.45) is 7.25. The number of quaternary nitrogens is 1. The van der Waals surface area contributed by atoms with E-state index < -0.39 is 5.97 Å². The Balaban J connectivity index is 0.000000423. The molecular formula is C12H25NO2. The van der Waals surface area contributed by atoms with Crippen molar-refractivity contribution in [3.05, 3.63) is 0 Å². The lowest BCUT2D eigenvalue weighted by Gasteiger charge is -2.26. The van der Waals surface area contributed by atoms with Crippen LogP contribution in [0, 0.1) is 5.92 Å². The van der Waals surface area contributed by atoms with Crippen molar-refractivity contribution in [2.75, 3.05) is 20.1 Å². The minimum Gasteiger partial charge on any atom is -0.550 e. The number of rotatable bonds is 3. The van der Waals surface area contributed by atoms with Gasteiger partial charge < -0.3 is 14.8 Å². The molecule has 1 fully saturated rings. The first kappa shape index (κ1) is 14.4. The average Bonchev–Trinajstić information content (AvgIpc) is 2.14. The summed E-state index contributed by atoms with van der Waals surface area (Å²) in [5, 5.41) is 8.89. The minimum atomic E-state index is -1.08. The van der Waals surface area contributed by atoms with Crippen LogP contribution in [0.25, 0.3) is 0 Å². The molecule has 3 heteroatoms. The van der Waals surface area contributed by atoms with Gasteiger partial charge >= 0.3 is 0 Å². The second-order valence-corrected chi connectivity index (χ2v) is 4.55. The van der Waals surface area contributed by atoms with Gasteiger partial charge in [0, 0.05) is 11.9 Å². The van der Waals surface area contributed by atoms with Crippen LogP contribution in [-0.2, 0) is 4.79 Å². The SMILES string of the molecule is CC(=O)[O-].CCCCC1CCC[NH+](C)C1. The molecule has 90 valence electrons. The first-order valence-corrected chi connectivity index (χ1v) is 6.05. The number of carboxylic acids is 1. The van der Waals surface area contributed by atoms with Crippen molar-refractivity contribution in [1.29, 1.82) is 0 Å². The Morgan fingerprint density at radius 3 is 2.60 bits per heavy atom. The number of carbonyl (C=O) groups excluding carboxylic acids is 1. The zero-order chi connectivity index (χ0) is 11.7. The molecule has 0 aromatic carbocycles.